The smallest absolute Gasteiger partial charge is 0.141 e. The lowest BCUT2D eigenvalue weighted by molar-refractivity contribution is 0.500. The maximum absolute atomic E-state index is 12.9. The van der Waals surface area contributed by atoms with Gasteiger partial charge in [0.25, 0.3) is 0 Å². The molecule has 3 heteroatoms. The molecule has 1 aliphatic carbocycles. The molecule has 82 valence electrons. The van der Waals surface area contributed by atoms with Gasteiger partial charge >= 0.3 is 0 Å². The normalized spacial score (nSPS) is 17.8. The van der Waals surface area contributed by atoms with Gasteiger partial charge in [0.15, 0.2) is 0 Å². The third-order valence-corrected chi connectivity index (χ3v) is 3.29. The summed E-state index contributed by atoms with van der Waals surface area (Å²) in [6, 6.07) is 5.49. The highest BCUT2D eigenvalue weighted by Gasteiger charge is 2.29. The van der Waals surface area contributed by atoms with Crippen LogP contribution >= 0.6 is 11.6 Å². The molecule has 1 atom stereocenters. The summed E-state index contributed by atoms with van der Waals surface area (Å²) in [4.78, 5) is 0. The first-order chi connectivity index (χ1) is 7.20. The van der Waals surface area contributed by atoms with Crippen molar-refractivity contribution in [2.75, 3.05) is 7.05 Å². The van der Waals surface area contributed by atoms with Crippen LogP contribution in [0.1, 0.15) is 18.4 Å². The number of hydrogen-bond donors (Lipinski definition) is 1. The van der Waals surface area contributed by atoms with Crippen LogP contribution < -0.4 is 5.32 Å². The van der Waals surface area contributed by atoms with Gasteiger partial charge in [0.2, 0.25) is 0 Å². The van der Waals surface area contributed by atoms with Crippen molar-refractivity contribution in [2.24, 2.45) is 5.92 Å². The van der Waals surface area contributed by atoms with Crippen molar-refractivity contribution in [2.45, 2.75) is 25.3 Å². The van der Waals surface area contributed by atoms with E-state index in [4.69, 9.17) is 11.6 Å². The Kier molecular flexibility index (Phi) is 3.27. The Morgan fingerprint density at radius 1 is 1.53 bits per heavy atom. The second-order valence-corrected chi connectivity index (χ2v) is 4.59. The Balaban J connectivity index is 2.05. The lowest BCUT2D eigenvalue weighted by Crippen LogP contribution is -2.29. The van der Waals surface area contributed by atoms with Gasteiger partial charge in [-0.3, -0.25) is 0 Å². The van der Waals surface area contributed by atoms with E-state index >= 15 is 0 Å². The highest BCUT2D eigenvalue weighted by Crippen LogP contribution is 2.34. The topological polar surface area (TPSA) is 12.0 Å². The lowest BCUT2D eigenvalue weighted by Gasteiger charge is -2.15. The Morgan fingerprint density at radius 3 is 2.80 bits per heavy atom. The Labute approximate surface area is 94.6 Å². The summed E-state index contributed by atoms with van der Waals surface area (Å²) in [5.74, 6) is 0.451. The summed E-state index contributed by atoms with van der Waals surface area (Å²) < 4.78 is 12.9. The molecule has 0 aliphatic heterocycles. The third-order valence-electron chi connectivity index (χ3n) is 3.00. The van der Waals surface area contributed by atoms with Crippen LogP contribution in [-0.4, -0.2) is 13.1 Å². The summed E-state index contributed by atoms with van der Waals surface area (Å²) in [5.41, 5.74) is 1.10. The summed E-state index contributed by atoms with van der Waals surface area (Å²) in [7, 11) is 1.98. The molecule has 1 aromatic carbocycles. The molecule has 2 rings (SSSR count). The number of nitrogens with one attached hydrogen (secondary N) is 1. The fourth-order valence-corrected chi connectivity index (χ4v) is 2.13. The molecule has 0 amide bonds. The van der Waals surface area contributed by atoms with Gasteiger partial charge < -0.3 is 5.32 Å². The SMILES string of the molecule is CNC(Cc1ccc(F)c(Cl)c1)C1CC1. The number of hydrogen-bond acceptors (Lipinski definition) is 1. The number of halogens is 2. The van der Waals surface area contributed by atoms with E-state index in [-0.39, 0.29) is 10.8 Å². The maximum Gasteiger partial charge on any atom is 0.141 e. The zero-order valence-corrected chi connectivity index (χ0v) is 9.52. The van der Waals surface area contributed by atoms with E-state index in [2.05, 4.69) is 5.32 Å². The second-order valence-electron chi connectivity index (χ2n) is 4.19. The molecule has 1 saturated carbocycles. The number of likely N-dealkylation sites (N-methyl/N-ethyl adjacent to an activating group) is 1. The molecule has 15 heavy (non-hydrogen) atoms. The minimum atomic E-state index is -0.340. The van der Waals surface area contributed by atoms with Gasteiger partial charge in [0.05, 0.1) is 5.02 Å². The van der Waals surface area contributed by atoms with Crippen molar-refractivity contribution < 1.29 is 4.39 Å². The average Bonchev–Trinajstić information content (AvgIpc) is 3.03. The predicted molar refractivity (Wildman–Crippen MR) is 60.7 cm³/mol. The van der Waals surface area contributed by atoms with E-state index in [0.29, 0.717) is 6.04 Å². The van der Waals surface area contributed by atoms with Crippen molar-refractivity contribution in [3.8, 4) is 0 Å². The molecule has 0 aromatic heterocycles. The van der Waals surface area contributed by atoms with E-state index in [1.54, 1.807) is 6.07 Å². The van der Waals surface area contributed by atoms with Gasteiger partial charge in [-0.05, 0) is 49.9 Å². The molecule has 1 nitrogen and oxygen atoms in total. The minimum absolute atomic E-state index is 0.221. The molecule has 1 N–H and O–H groups in total. The van der Waals surface area contributed by atoms with Gasteiger partial charge in [-0.15, -0.1) is 0 Å². The van der Waals surface area contributed by atoms with Gasteiger partial charge in [0.1, 0.15) is 5.82 Å². The summed E-state index contributed by atoms with van der Waals surface area (Å²) in [5, 5.41) is 3.53. The van der Waals surface area contributed by atoms with Crippen molar-refractivity contribution in [1.82, 2.24) is 5.32 Å². The standard InChI is InChI=1S/C12H15ClFN/c1-15-12(9-3-4-9)7-8-2-5-11(14)10(13)6-8/h2,5-6,9,12,15H,3-4,7H2,1H3. The van der Waals surface area contributed by atoms with Crippen LogP contribution in [0.15, 0.2) is 18.2 Å². The van der Waals surface area contributed by atoms with Crippen LogP contribution in [0.2, 0.25) is 5.02 Å². The molecule has 0 radical (unpaired) electrons. The van der Waals surface area contributed by atoms with Crippen LogP contribution in [0.5, 0.6) is 0 Å². The highest BCUT2D eigenvalue weighted by atomic mass is 35.5. The fourth-order valence-electron chi connectivity index (χ4n) is 1.92. The predicted octanol–water partition coefficient (Wildman–Crippen LogP) is 3.02. The Morgan fingerprint density at radius 2 is 2.27 bits per heavy atom. The quantitative estimate of drug-likeness (QED) is 0.834. The number of rotatable bonds is 4. The monoisotopic (exact) mass is 227 g/mol. The van der Waals surface area contributed by atoms with Crippen molar-refractivity contribution in [3.05, 3.63) is 34.6 Å². The van der Waals surface area contributed by atoms with E-state index in [0.717, 1.165) is 17.9 Å². The van der Waals surface area contributed by atoms with Gasteiger partial charge in [0, 0.05) is 6.04 Å². The van der Waals surface area contributed by atoms with Crippen molar-refractivity contribution in [3.63, 3.8) is 0 Å². The first-order valence-electron chi connectivity index (χ1n) is 5.32. The summed E-state index contributed by atoms with van der Waals surface area (Å²) >= 11 is 5.74. The highest BCUT2D eigenvalue weighted by molar-refractivity contribution is 6.30. The van der Waals surface area contributed by atoms with Gasteiger partial charge in [-0.1, -0.05) is 17.7 Å². The fraction of sp³-hybridized carbons (Fsp3) is 0.500. The zero-order chi connectivity index (χ0) is 10.8. The van der Waals surface area contributed by atoms with Crippen LogP contribution in [0.3, 0.4) is 0 Å². The molecule has 1 aliphatic rings. The maximum atomic E-state index is 12.9. The molecule has 0 saturated heterocycles. The summed E-state index contributed by atoms with van der Waals surface area (Å²) in [6.07, 6.45) is 3.54. The first kappa shape index (κ1) is 10.9. The van der Waals surface area contributed by atoms with E-state index in [9.17, 15) is 4.39 Å². The second kappa shape index (κ2) is 4.50. The lowest BCUT2D eigenvalue weighted by atomic mass is 10.0. The largest absolute Gasteiger partial charge is 0.316 e. The molecular formula is C12H15ClFN. The van der Waals surface area contributed by atoms with E-state index < -0.39 is 0 Å². The Hall–Kier alpha value is -0.600. The van der Waals surface area contributed by atoms with Crippen molar-refractivity contribution >= 4 is 11.6 Å². The molecule has 1 aromatic rings. The van der Waals surface area contributed by atoms with Crippen LogP contribution in [-0.2, 0) is 6.42 Å². The van der Waals surface area contributed by atoms with Crippen molar-refractivity contribution in [1.29, 1.82) is 0 Å². The van der Waals surface area contributed by atoms with Crippen LogP contribution in [0.4, 0.5) is 4.39 Å². The Bertz CT molecular complexity index is 349. The first-order valence-corrected chi connectivity index (χ1v) is 5.69. The molecule has 1 fully saturated rings. The van der Waals surface area contributed by atoms with Crippen LogP contribution in [0, 0.1) is 11.7 Å². The van der Waals surface area contributed by atoms with Crippen LogP contribution in [0.25, 0.3) is 0 Å². The molecule has 0 bridgehead atoms. The van der Waals surface area contributed by atoms with E-state index in [1.165, 1.54) is 18.9 Å². The third kappa shape index (κ3) is 2.70. The molecular weight excluding hydrogens is 213 g/mol. The minimum Gasteiger partial charge on any atom is -0.316 e. The number of benzene rings is 1. The molecule has 1 unspecified atom stereocenters. The summed E-state index contributed by atoms with van der Waals surface area (Å²) in [6.45, 7) is 0. The molecule has 0 spiro atoms. The van der Waals surface area contributed by atoms with Gasteiger partial charge in [-0.25, -0.2) is 4.39 Å². The van der Waals surface area contributed by atoms with E-state index in [1.807, 2.05) is 13.1 Å². The average molecular weight is 228 g/mol. The molecule has 0 heterocycles. The van der Waals surface area contributed by atoms with Gasteiger partial charge in [-0.2, -0.15) is 0 Å². The zero-order valence-electron chi connectivity index (χ0n) is 8.76.